The maximum Gasteiger partial charge on any atom is 0.410 e. The van der Waals surface area contributed by atoms with Crippen molar-refractivity contribution in [3.63, 3.8) is 0 Å². The molecule has 1 aliphatic heterocycles. The first-order chi connectivity index (χ1) is 21.4. The van der Waals surface area contributed by atoms with Gasteiger partial charge < -0.3 is 20.3 Å². The second-order valence-electron chi connectivity index (χ2n) is 10.8. The molecular weight excluding hydrogens is 556 g/mol. The summed E-state index contributed by atoms with van der Waals surface area (Å²) in [6.45, 7) is 5.38. The molecule has 2 aromatic heterocycles. The first-order valence-electron chi connectivity index (χ1n) is 14.8. The molecule has 2 aromatic carbocycles. The molecule has 11 nitrogen and oxygen atoms in total. The predicted octanol–water partition coefficient (Wildman–Crippen LogP) is 5.79. The fraction of sp³-hybridized carbons (Fsp3) is 0.333. The Morgan fingerprint density at radius 2 is 1.84 bits per heavy atom. The molecule has 44 heavy (non-hydrogen) atoms. The Morgan fingerprint density at radius 3 is 2.55 bits per heavy atom. The number of aryl methyl sites for hydroxylation is 1. The van der Waals surface area contributed by atoms with Crippen LogP contribution in [-0.4, -0.2) is 55.8 Å². The number of ether oxygens (including phenoxy) is 1. The number of carbonyl (C=O) groups excluding carboxylic acids is 2. The van der Waals surface area contributed by atoms with E-state index in [1.807, 2.05) is 67.2 Å². The largest absolute Gasteiger partial charge is 0.445 e. The van der Waals surface area contributed by atoms with Gasteiger partial charge in [0.25, 0.3) is 5.91 Å². The minimum Gasteiger partial charge on any atom is -0.445 e. The van der Waals surface area contributed by atoms with Gasteiger partial charge in [0.2, 0.25) is 5.95 Å². The van der Waals surface area contributed by atoms with Gasteiger partial charge in [-0.2, -0.15) is 10.4 Å². The highest BCUT2D eigenvalue weighted by molar-refractivity contribution is 5.95. The Kier molecular flexibility index (Phi) is 9.81. The number of rotatable bonds is 10. The van der Waals surface area contributed by atoms with E-state index < -0.39 is 6.04 Å². The van der Waals surface area contributed by atoms with E-state index in [1.165, 1.54) is 0 Å². The Labute approximate surface area is 256 Å². The molecule has 0 spiro atoms. The first-order valence-corrected chi connectivity index (χ1v) is 14.8. The average Bonchev–Trinajstić information content (AvgIpc) is 3.53. The first kappa shape index (κ1) is 30.2. The number of carbonyl (C=O) groups is 2. The monoisotopic (exact) mass is 592 g/mol. The van der Waals surface area contributed by atoms with Crippen LogP contribution in [0.15, 0.2) is 73.2 Å². The van der Waals surface area contributed by atoms with E-state index in [1.54, 1.807) is 29.4 Å². The Balaban J connectivity index is 1.16. The van der Waals surface area contributed by atoms with E-state index in [-0.39, 0.29) is 24.6 Å². The third-order valence-corrected chi connectivity index (χ3v) is 7.59. The third kappa shape index (κ3) is 7.58. The summed E-state index contributed by atoms with van der Waals surface area (Å²) in [7, 11) is 0. The summed E-state index contributed by atoms with van der Waals surface area (Å²) in [5.74, 6) is 0.156. The highest BCUT2D eigenvalue weighted by atomic mass is 16.6. The molecule has 1 aliphatic rings. The average molecular weight is 593 g/mol. The number of hydrogen-bond acceptors (Lipinski definition) is 8. The highest BCUT2D eigenvalue weighted by Gasteiger charge is 2.25. The smallest absolute Gasteiger partial charge is 0.410 e. The molecular formula is C33H36N8O3. The van der Waals surface area contributed by atoms with Crippen molar-refractivity contribution < 1.29 is 14.3 Å². The molecule has 0 saturated carbocycles. The molecule has 1 saturated heterocycles. The quantitative estimate of drug-likeness (QED) is 0.236. The minimum atomic E-state index is -0.504. The summed E-state index contributed by atoms with van der Waals surface area (Å²) in [5, 5.41) is 19.8. The Morgan fingerprint density at radius 1 is 1.09 bits per heavy atom. The molecule has 226 valence electrons. The van der Waals surface area contributed by atoms with Gasteiger partial charge in [0, 0.05) is 36.6 Å². The van der Waals surface area contributed by atoms with Gasteiger partial charge >= 0.3 is 6.09 Å². The van der Waals surface area contributed by atoms with Gasteiger partial charge in [0.1, 0.15) is 12.6 Å². The van der Waals surface area contributed by atoms with Crippen molar-refractivity contribution in [2.24, 2.45) is 0 Å². The van der Waals surface area contributed by atoms with Crippen molar-refractivity contribution in [3.05, 3.63) is 89.9 Å². The predicted molar refractivity (Wildman–Crippen MR) is 166 cm³/mol. The van der Waals surface area contributed by atoms with Gasteiger partial charge in [-0.25, -0.2) is 14.8 Å². The van der Waals surface area contributed by atoms with Crippen molar-refractivity contribution in [2.75, 3.05) is 18.4 Å². The second kappa shape index (κ2) is 14.3. The fourth-order valence-corrected chi connectivity index (χ4v) is 5.13. The third-order valence-electron chi connectivity index (χ3n) is 7.59. The molecule has 4 aromatic rings. The number of benzene rings is 2. The number of aromatic nitrogens is 4. The van der Waals surface area contributed by atoms with Gasteiger partial charge in [-0.3, -0.25) is 9.48 Å². The van der Waals surface area contributed by atoms with Crippen LogP contribution in [-0.2, 0) is 11.3 Å². The fourth-order valence-electron chi connectivity index (χ4n) is 5.13. The van der Waals surface area contributed by atoms with Crippen LogP contribution in [0.4, 0.5) is 16.4 Å². The summed E-state index contributed by atoms with van der Waals surface area (Å²) in [6.07, 6.45) is 8.11. The van der Waals surface area contributed by atoms with Crippen LogP contribution in [0.3, 0.4) is 0 Å². The molecule has 1 fully saturated rings. The van der Waals surface area contributed by atoms with E-state index in [4.69, 9.17) is 9.72 Å². The van der Waals surface area contributed by atoms with Gasteiger partial charge in [-0.15, -0.1) is 0 Å². The van der Waals surface area contributed by atoms with Crippen molar-refractivity contribution in [2.45, 2.75) is 58.2 Å². The number of anilines is 2. The number of piperidine rings is 1. The molecule has 0 unspecified atom stereocenters. The van der Waals surface area contributed by atoms with E-state index in [0.29, 0.717) is 31.0 Å². The molecule has 3 heterocycles. The van der Waals surface area contributed by atoms with Gasteiger partial charge in [-0.1, -0.05) is 55.8 Å². The molecule has 2 amide bonds. The number of nitriles is 1. The maximum absolute atomic E-state index is 12.6. The standard InChI is InChI=1S/C33H36N8O3/c1-3-7-27(18-34)37-31(42)26-12-10-25(11-13-26)30-23(2)19-35-32(39-30)38-28-20-36-41(21-28)29-14-16-40(17-15-29)33(43)44-22-24-8-5-4-6-9-24/h4-6,8-13,19-21,27,29H,3,7,14-17,22H2,1-2H3,(H,37,42)(H,35,38,39)/t27-/m0/s1. The van der Waals surface area contributed by atoms with Crippen LogP contribution >= 0.6 is 0 Å². The summed E-state index contributed by atoms with van der Waals surface area (Å²) < 4.78 is 7.41. The van der Waals surface area contributed by atoms with Crippen molar-refractivity contribution in [3.8, 4) is 17.3 Å². The van der Waals surface area contributed by atoms with E-state index >= 15 is 0 Å². The molecule has 0 radical (unpaired) electrons. The summed E-state index contributed by atoms with van der Waals surface area (Å²) in [5.41, 5.74) is 4.69. The topological polar surface area (TPSA) is 138 Å². The SMILES string of the molecule is CCC[C@@H](C#N)NC(=O)c1ccc(-c2nc(Nc3cnn(C4CCN(C(=O)OCc5ccccc5)CC4)c3)ncc2C)cc1. The molecule has 0 aliphatic carbocycles. The van der Waals surface area contributed by atoms with Crippen LogP contribution in [0.5, 0.6) is 0 Å². The number of hydrogen-bond donors (Lipinski definition) is 2. The number of likely N-dealkylation sites (tertiary alicyclic amines) is 1. The van der Waals surface area contributed by atoms with Crippen molar-refractivity contribution in [1.82, 2.24) is 30.0 Å². The molecule has 0 bridgehead atoms. The van der Waals surface area contributed by atoms with Gasteiger partial charge in [-0.05, 0) is 49.4 Å². The molecule has 5 rings (SSSR count). The zero-order valence-corrected chi connectivity index (χ0v) is 24.9. The van der Waals surface area contributed by atoms with Crippen LogP contribution < -0.4 is 10.6 Å². The van der Waals surface area contributed by atoms with Gasteiger partial charge in [0.15, 0.2) is 0 Å². The zero-order chi connectivity index (χ0) is 30.9. The van der Waals surface area contributed by atoms with Crippen LogP contribution in [0, 0.1) is 18.3 Å². The van der Waals surface area contributed by atoms with Crippen LogP contribution in [0.25, 0.3) is 11.3 Å². The van der Waals surface area contributed by atoms with E-state index in [0.717, 1.165) is 47.3 Å². The molecule has 11 heteroatoms. The van der Waals surface area contributed by atoms with Gasteiger partial charge in [0.05, 0.1) is 29.7 Å². The highest BCUT2D eigenvalue weighted by Crippen LogP contribution is 2.26. The summed E-state index contributed by atoms with van der Waals surface area (Å²) in [4.78, 5) is 36.0. The molecule has 1 atom stereocenters. The lowest BCUT2D eigenvalue weighted by molar-refractivity contribution is 0.0821. The normalized spacial score (nSPS) is 14.0. The van der Waals surface area contributed by atoms with Crippen LogP contribution in [0.1, 0.15) is 60.1 Å². The summed E-state index contributed by atoms with van der Waals surface area (Å²) in [6, 6.07) is 18.6. The van der Waals surface area contributed by atoms with Crippen molar-refractivity contribution in [1.29, 1.82) is 5.26 Å². The minimum absolute atomic E-state index is 0.166. The van der Waals surface area contributed by atoms with Crippen LogP contribution in [0.2, 0.25) is 0 Å². The lowest BCUT2D eigenvalue weighted by Gasteiger charge is -2.31. The lowest BCUT2D eigenvalue weighted by Crippen LogP contribution is -2.39. The zero-order valence-electron chi connectivity index (χ0n) is 24.9. The van der Waals surface area contributed by atoms with Crippen molar-refractivity contribution >= 4 is 23.6 Å². The lowest BCUT2D eigenvalue weighted by atomic mass is 10.1. The molecule has 2 N–H and O–H groups in total. The summed E-state index contributed by atoms with van der Waals surface area (Å²) >= 11 is 0. The second-order valence-corrected chi connectivity index (χ2v) is 10.8. The number of nitrogens with one attached hydrogen (secondary N) is 2. The number of nitrogens with zero attached hydrogens (tertiary/aromatic N) is 6. The van der Waals surface area contributed by atoms with E-state index in [2.05, 4.69) is 26.8 Å². The van der Waals surface area contributed by atoms with E-state index in [9.17, 15) is 14.9 Å². The Hall–Kier alpha value is -5.24. The maximum atomic E-state index is 12.6. The Bertz CT molecular complexity index is 1610. The number of amides is 2.